The van der Waals surface area contributed by atoms with Crippen LogP contribution in [0.2, 0.25) is 0 Å². The van der Waals surface area contributed by atoms with E-state index < -0.39 is 0 Å². The number of nitrogens with zero attached hydrogens (tertiary/aromatic N) is 2. The fraction of sp³-hybridized carbons (Fsp3) is 0.333. The lowest BCUT2D eigenvalue weighted by atomic mass is 10.4. The summed E-state index contributed by atoms with van der Waals surface area (Å²) in [6, 6.07) is 1.77. The third kappa shape index (κ3) is 1.81. The van der Waals surface area contributed by atoms with Crippen molar-refractivity contribution in [1.29, 1.82) is 0 Å². The number of allylic oxidation sites excluding steroid dienone is 2. The number of hydrogen-bond donors (Lipinski definition) is 0. The first-order valence-corrected chi connectivity index (χ1v) is 3.88. The summed E-state index contributed by atoms with van der Waals surface area (Å²) in [7, 11) is 0. The van der Waals surface area contributed by atoms with Gasteiger partial charge >= 0.3 is 0 Å². The Kier molecular flexibility index (Phi) is 2.80. The molecule has 0 spiro atoms. The Morgan fingerprint density at radius 2 is 2.42 bits per heavy atom. The fourth-order valence-corrected chi connectivity index (χ4v) is 0.983. The Hall–Kier alpha value is -1.38. The molecule has 0 bridgehead atoms. The summed E-state index contributed by atoms with van der Waals surface area (Å²) < 4.78 is 1.80. The lowest BCUT2D eigenvalue weighted by Crippen LogP contribution is -2.00. The number of hydrogen-bond acceptors (Lipinski definition) is 2. The molecule has 0 aromatic carbocycles. The van der Waals surface area contributed by atoms with Crippen LogP contribution in [0.25, 0.3) is 0 Å². The van der Waals surface area contributed by atoms with Gasteiger partial charge in [-0.1, -0.05) is 12.2 Å². The molecular weight excluding hydrogens is 152 g/mol. The molecule has 0 saturated carbocycles. The summed E-state index contributed by atoms with van der Waals surface area (Å²) in [5, 5.41) is 4.06. The SMILES string of the molecule is CC=CCn1nc(C=O)cc1C. The maximum atomic E-state index is 10.4. The van der Waals surface area contributed by atoms with Gasteiger partial charge in [-0.2, -0.15) is 5.10 Å². The van der Waals surface area contributed by atoms with Crippen molar-refractivity contribution in [3.05, 3.63) is 29.6 Å². The van der Waals surface area contributed by atoms with Crippen molar-refractivity contribution < 1.29 is 4.79 Å². The van der Waals surface area contributed by atoms with E-state index in [-0.39, 0.29) is 0 Å². The van der Waals surface area contributed by atoms with E-state index in [9.17, 15) is 4.79 Å². The van der Waals surface area contributed by atoms with Crippen molar-refractivity contribution in [2.24, 2.45) is 0 Å². The molecule has 3 nitrogen and oxygen atoms in total. The highest BCUT2D eigenvalue weighted by Gasteiger charge is 1.99. The summed E-state index contributed by atoms with van der Waals surface area (Å²) in [6.07, 6.45) is 4.72. The molecule has 1 heterocycles. The van der Waals surface area contributed by atoms with Gasteiger partial charge in [0.05, 0.1) is 6.54 Å². The summed E-state index contributed by atoms with van der Waals surface area (Å²) in [5.41, 5.74) is 1.51. The predicted molar refractivity (Wildman–Crippen MR) is 47.2 cm³/mol. The van der Waals surface area contributed by atoms with Gasteiger partial charge in [-0.05, 0) is 19.9 Å². The number of rotatable bonds is 3. The van der Waals surface area contributed by atoms with Gasteiger partial charge < -0.3 is 0 Å². The van der Waals surface area contributed by atoms with Crippen molar-refractivity contribution in [2.75, 3.05) is 0 Å². The first kappa shape index (κ1) is 8.71. The van der Waals surface area contributed by atoms with Gasteiger partial charge in [0.25, 0.3) is 0 Å². The van der Waals surface area contributed by atoms with E-state index in [0.717, 1.165) is 18.5 Å². The molecule has 3 heteroatoms. The highest BCUT2D eigenvalue weighted by Crippen LogP contribution is 2.00. The van der Waals surface area contributed by atoms with Crippen molar-refractivity contribution in [1.82, 2.24) is 9.78 Å². The van der Waals surface area contributed by atoms with Crippen LogP contribution in [-0.2, 0) is 6.54 Å². The molecule has 0 saturated heterocycles. The maximum absolute atomic E-state index is 10.4. The summed E-state index contributed by atoms with van der Waals surface area (Å²) in [4.78, 5) is 10.4. The van der Waals surface area contributed by atoms with Gasteiger partial charge in [-0.15, -0.1) is 0 Å². The molecule has 1 rings (SSSR count). The van der Waals surface area contributed by atoms with Crippen molar-refractivity contribution in [2.45, 2.75) is 20.4 Å². The molecule has 1 aromatic heterocycles. The van der Waals surface area contributed by atoms with Crippen LogP contribution in [0.4, 0.5) is 0 Å². The van der Waals surface area contributed by atoms with Crippen molar-refractivity contribution in [3.8, 4) is 0 Å². The Morgan fingerprint density at radius 1 is 1.67 bits per heavy atom. The van der Waals surface area contributed by atoms with Crippen LogP contribution in [0.5, 0.6) is 0 Å². The fourth-order valence-electron chi connectivity index (χ4n) is 0.983. The largest absolute Gasteiger partial charge is 0.296 e. The number of carbonyl (C=O) groups excluding carboxylic acids is 1. The van der Waals surface area contributed by atoms with Crippen LogP contribution < -0.4 is 0 Å². The molecule has 12 heavy (non-hydrogen) atoms. The average Bonchev–Trinajstić information content (AvgIpc) is 2.43. The predicted octanol–water partition coefficient (Wildman–Crippen LogP) is 1.58. The zero-order valence-electron chi connectivity index (χ0n) is 7.32. The minimum Gasteiger partial charge on any atom is -0.296 e. The molecule has 64 valence electrons. The normalized spacial score (nSPS) is 10.8. The zero-order valence-corrected chi connectivity index (χ0v) is 7.32. The van der Waals surface area contributed by atoms with E-state index in [1.54, 1.807) is 10.7 Å². The van der Waals surface area contributed by atoms with Crippen LogP contribution in [0.15, 0.2) is 18.2 Å². The minimum atomic E-state index is 0.497. The highest BCUT2D eigenvalue weighted by atomic mass is 16.1. The number of carbonyl (C=O) groups is 1. The topological polar surface area (TPSA) is 34.9 Å². The van der Waals surface area contributed by atoms with E-state index in [4.69, 9.17) is 0 Å². The lowest BCUT2D eigenvalue weighted by molar-refractivity contribution is 0.111. The monoisotopic (exact) mass is 164 g/mol. The second-order valence-electron chi connectivity index (χ2n) is 2.58. The molecule has 0 aliphatic heterocycles. The summed E-state index contributed by atoms with van der Waals surface area (Å²) in [5.74, 6) is 0. The van der Waals surface area contributed by atoms with Crippen LogP contribution >= 0.6 is 0 Å². The van der Waals surface area contributed by atoms with Gasteiger partial charge in [-0.25, -0.2) is 0 Å². The first-order chi connectivity index (χ1) is 5.77. The van der Waals surface area contributed by atoms with E-state index in [0.29, 0.717) is 5.69 Å². The average molecular weight is 164 g/mol. The molecule has 0 radical (unpaired) electrons. The maximum Gasteiger partial charge on any atom is 0.170 e. The smallest absolute Gasteiger partial charge is 0.170 e. The third-order valence-corrected chi connectivity index (χ3v) is 1.63. The molecule has 0 fully saturated rings. The van der Waals surface area contributed by atoms with E-state index in [1.807, 2.05) is 26.0 Å². The highest BCUT2D eigenvalue weighted by molar-refractivity contribution is 5.71. The molecule has 0 aliphatic carbocycles. The first-order valence-electron chi connectivity index (χ1n) is 3.88. The zero-order chi connectivity index (χ0) is 8.97. The standard InChI is InChI=1S/C9H12N2O/c1-3-4-5-11-8(2)6-9(7-12)10-11/h3-4,6-7H,5H2,1-2H3. The Morgan fingerprint density at radius 3 is 2.92 bits per heavy atom. The van der Waals surface area contributed by atoms with Crippen LogP contribution in [0.3, 0.4) is 0 Å². The third-order valence-electron chi connectivity index (χ3n) is 1.63. The lowest BCUT2D eigenvalue weighted by Gasteiger charge is -1.97. The van der Waals surface area contributed by atoms with Gasteiger partial charge in [0.1, 0.15) is 5.69 Å². The second-order valence-corrected chi connectivity index (χ2v) is 2.58. The summed E-state index contributed by atoms with van der Waals surface area (Å²) >= 11 is 0. The number of aryl methyl sites for hydroxylation is 1. The van der Waals surface area contributed by atoms with E-state index >= 15 is 0 Å². The van der Waals surface area contributed by atoms with E-state index in [1.165, 1.54) is 0 Å². The van der Waals surface area contributed by atoms with Crippen molar-refractivity contribution in [3.63, 3.8) is 0 Å². The Balaban J connectivity index is 2.84. The quantitative estimate of drug-likeness (QED) is 0.502. The Bertz CT molecular complexity index is 299. The molecular formula is C9H12N2O. The van der Waals surface area contributed by atoms with Crippen molar-refractivity contribution >= 4 is 6.29 Å². The van der Waals surface area contributed by atoms with Gasteiger partial charge in [0.2, 0.25) is 0 Å². The van der Waals surface area contributed by atoms with Crippen LogP contribution in [-0.4, -0.2) is 16.1 Å². The second kappa shape index (κ2) is 3.85. The molecule has 0 N–H and O–H groups in total. The Labute approximate surface area is 71.7 Å². The van der Waals surface area contributed by atoms with E-state index in [2.05, 4.69) is 5.10 Å². The molecule has 0 amide bonds. The summed E-state index contributed by atoms with van der Waals surface area (Å²) in [6.45, 7) is 4.62. The molecule has 1 aromatic rings. The number of aromatic nitrogens is 2. The van der Waals surface area contributed by atoms with Crippen LogP contribution in [0, 0.1) is 6.92 Å². The minimum absolute atomic E-state index is 0.497. The van der Waals surface area contributed by atoms with Gasteiger partial charge in [-0.3, -0.25) is 9.48 Å². The molecule has 0 atom stereocenters. The van der Waals surface area contributed by atoms with Gasteiger partial charge in [0.15, 0.2) is 6.29 Å². The number of aldehydes is 1. The molecule has 0 unspecified atom stereocenters. The molecule has 0 aliphatic rings. The van der Waals surface area contributed by atoms with Crippen LogP contribution in [0.1, 0.15) is 23.1 Å². The van der Waals surface area contributed by atoms with Gasteiger partial charge in [0, 0.05) is 5.69 Å².